The number of amides is 4. The van der Waals surface area contributed by atoms with Crippen LogP contribution in [0.4, 0.5) is 9.59 Å². The molecule has 4 amide bonds. The van der Waals surface area contributed by atoms with Crippen LogP contribution in [0.15, 0.2) is 107 Å². The lowest BCUT2D eigenvalue weighted by Crippen LogP contribution is -2.41. The maximum atomic E-state index is 12.6. The van der Waals surface area contributed by atoms with E-state index < -0.39 is 0 Å². The summed E-state index contributed by atoms with van der Waals surface area (Å²) in [5, 5.41) is 27.6. The second-order valence-corrected chi connectivity index (χ2v) is 17.2. The number of hydrogen-bond acceptors (Lipinski definition) is 9. The molecule has 1 aliphatic carbocycles. The van der Waals surface area contributed by atoms with Gasteiger partial charge in [0, 0.05) is 60.8 Å². The Morgan fingerprint density at radius 3 is 1.55 bits per heavy atom. The second kappa shape index (κ2) is 20.1. The fourth-order valence-electron chi connectivity index (χ4n) is 8.67. The zero-order valence-corrected chi connectivity index (χ0v) is 39.8. The fraction of sp³-hybridized carbons (Fsp3) is 0.346. The van der Waals surface area contributed by atoms with Crippen LogP contribution in [0.2, 0.25) is 0 Å². The molecular formula is C52H60N10O5. The lowest BCUT2D eigenvalue weighted by Gasteiger charge is -2.22. The summed E-state index contributed by atoms with van der Waals surface area (Å²) in [6.45, 7) is 8.63. The molecule has 2 N–H and O–H groups in total. The van der Waals surface area contributed by atoms with Gasteiger partial charge in [0.1, 0.15) is 11.5 Å². The highest BCUT2D eigenvalue weighted by molar-refractivity contribution is 6.15. The third-order valence-electron chi connectivity index (χ3n) is 12.4. The minimum Gasteiger partial charge on any atom is -0.497 e. The number of rotatable bonds is 10. The Morgan fingerprint density at radius 2 is 1.12 bits per heavy atom. The monoisotopic (exact) mass is 904 g/mol. The molecule has 9 rings (SSSR count). The molecular weight excluding hydrogens is 845 g/mol. The Balaban J connectivity index is 0.000000182. The molecule has 2 aromatic heterocycles. The molecule has 1 unspecified atom stereocenters. The highest BCUT2D eigenvalue weighted by atomic mass is 16.5. The molecule has 0 radical (unpaired) electrons. The van der Waals surface area contributed by atoms with E-state index in [1.807, 2.05) is 86.1 Å². The molecule has 3 aliphatic rings. The number of fused-ring (bicyclic) bond motifs is 2. The predicted octanol–water partition coefficient (Wildman–Crippen LogP) is 8.33. The number of aromatic nitrogens is 4. The third kappa shape index (κ3) is 9.82. The highest BCUT2D eigenvalue weighted by Gasteiger charge is 2.31. The van der Waals surface area contributed by atoms with Crippen LogP contribution in [0.3, 0.4) is 0 Å². The summed E-state index contributed by atoms with van der Waals surface area (Å²) in [5.74, 6) is 2.12. The molecule has 0 saturated heterocycles. The van der Waals surface area contributed by atoms with Crippen molar-refractivity contribution in [3.05, 3.63) is 153 Å². The van der Waals surface area contributed by atoms with Gasteiger partial charge in [-0.25, -0.2) is 29.0 Å². The normalized spacial score (nSPS) is 16.6. The van der Waals surface area contributed by atoms with E-state index in [1.165, 1.54) is 23.5 Å². The Kier molecular flexibility index (Phi) is 13.9. The minimum absolute atomic E-state index is 0.0819. The van der Waals surface area contributed by atoms with Crippen LogP contribution in [-0.2, 0) is 30.6 Å². The molecule has 15 nitrogen and oxygen atoms in total. The first-order chi connectivity index (χ1) is 32.5. The number of carbonyl (C=O) groups is 2. The molecule has 67 heavy (non-hydrogen) atoms. The maximum Gasteiger partial charge on any atom is 0.337 e. The Labute approximate surface area is 392 Å². The number of ether oxygens (including phenoxy) is 3. The number of carbonyl (C=O) groups excluding carboxylic acids is 2. The number of hydrogen-bond donors (Lipinski definition) is 2. The van der Waals surface area contributed by atoms with Crippen molar-refractivity contribution in [2.75, 3.05) is 35.4 Å². The number of nitrogens with zero attached hydrogens (tertiary/aromatic N) is 8. The number of nitrogens with one attached hydrogen (secondary N) is 2. The van der Waals surface area contributed by atoms with Gasteiger partial charge in [0.25, 0.3) is 0 Å². The smallest absolute Gasteiger partial charge is 0.337 e. The summed E-state index contributed by atoms with van der Waals surface area (Å²) in [7, 11) is 8.21. The second-order valence-electron chi connectivity index (χ2n) is 17.2. The molecule has 4 heterocycles. The fourth-order valence-corrected chi connectivity index (χ4v) is 8.67. The van der Waals surface area contributed by atoms with E-state index >= 15 is 0 Å². The van der Waals surface area contributed by atoms with E-state index in [1.54, 1.807) is 40.4 Å². The zero-order valence-electron chi connectivity index (χ0n) is 39.8. The Bertz CT molecular complexity index is 2810. The molecule has 1 fully saturated rings. The number of urea groups is 2. The summed E-state index contributed by atoms with van der Waals surface area (Å²) in [4.78, 5) is 25.2. The van der Waals surface area contributed by atoms with Crippen LogP contribution in [0.5, 0.6) is 11.5 Å². The standard InChI is InChI=1S/C27H31N5O2.C25H29N5O3/c1-5-21-15-25(18-6-7-18)32(29-21)22-11-8-19(9-12-22)26-24-16-23(34-4)13-10-20(24)14-17(2)31(30-26)27(33)28-3;1-16-12-19-8-11-22(33-5)14-23(19)24(28-30(16)25(31)26-3)18-6-9-21(10-7-18)29-17(2)13-20(27-29)15-32-4/h8-13,15-18H,5-7,14H2,1-4H3,(H,28,33);6-11,13-14,16H,12,15H2,1-5H3,(H,26,31)/t;16-/m.0/s1. The highest BCUT2D eigenvalue weighted by Crippen LogP contribution is 2.41. The summed E-state index contributed by atoms with van der Waals surface area (Å²) in [5.41, 5.74) is 13.8. The van der Waals surface area contributed by atoms with Crippen molar-refractivity contribution >= 4 is 23.5 Å². The van der Waals surface area contributed by atoms with E-state index in [9.17, 15) is 9.59 Å². The van der Waals surface area contributed by atoms with Gasteiger partial charge < -0.3 is 24.8 Å². The van der Waals surface area contributed by atoms with Crippen molar-refractivity contribution in [3.63, 3.8) is 0 Å². The van der Waals surface area contributed by atoms with E-state index in [4.69, 9.17) is 29.5 Å². The van der Waals surface area contributed by atoms with Gasteiger partial charge in [-0.2, -0.15) is 20.4 Å². The number of benzene rings is 4. The quantitative estimate of drug-likeness (QED) is 0.140. The first-order valence-corrected chi connectivity index (χ1v) is 22.9. The van der Waals surface area contributed by atoms with Crippen LogP contribution in [-0.4, -0.2) is 101 Å². The van der Waals surface area contributed by atoms with Crippen LogP contribution in [0.1, 0.15) is 95.7 Å². The largest absolute Gasteiger partial charge is 0.497 e. The van der Waals surface area contributed by atoms with Crippen LogP contribution in [0.25, 0.3) is 11.4 Å². The van der Waals surface area contributed by atoms with Gasteiger partial charge >= 0.3 is 12.1 Å². The molecule has 1 saturated carbocycles. The van der Waals surface area contributed by atoms with Crippen LogP contribution >= 0.6 is 0 Å². The van der Waals surface area contributed by atoms with Crippen molar-refractivity contribution in [2.24, 2.45) is 10.2 Å². The number of aryl methyl sites for hydroxylation is 2. The zero-order chi connectivity index (χ0) is 47.4. The number of hydrazone groups is 2. The van der Waals surface area contributed by atoms with Crippen molar-refractivity contribution in [1.82, 2.24) is 40.2 Å². The number of methoxy groups -OCH3 is 3. The van der Waals surface area contributed by atoms with Crippen molar-refractivity contribution < 1.29 is 23.8 Å². The van der Waals surface area contributed by atoms with Gasteiger partial charge in [-0.05, 0) is 125 Å². The topological polar surface area (TPSA) is 153 Å². The maximum absolute atomic E-state index is 12.6. The summed E-state index contributed by atoms with van der Waals surface area (Å²) in [6.07, 6.45) is 4.78. The van der Waals surface area contributed by atoms with Gasteiger partial charge in [-0.1, -0.05) is 43.3 Å². The summed E-state index contributed by atoms with van der Waals surface area (Å²) < 4.78 is 20.2. The van der Waals surface area contributed by atoms with Gasteiger partial charge in [0.15, 0.2) is 0 Å². The molecule has 2 aliphatic heterocycles. The first-order valence-electron chi connectivity index (χ1n) is 22.9. The lowest BCUT2D eigenvalue weighted by molar-refractivity contribution is 0.181. The van der Waals surface area contributed by atoms with E-state index in [2.05, 4.69) is 63.7 Å². The molecule has 15 heteroatoms. The van der Waals surface area contributed by atoms with Crippen molar-refractivity contribution in [3.8, 4) is 22.9 Å². The van der Waals surface area contributed by atoms with E-state index in [-0.39, 0.29) is 24.1 Å². The first kappa shape index (κ1) is 46.3. The predicted molar refractivity (Wildman–Crippen MR) is 260 cm³/mol. The van der Waals surface area contributed by atoms with Gasteiger partial charge in [-0.3, -0.25) is 0 Å². The Hall–Kier alpha value is -7.26. The molecule has 0 spiro atoms. The van der Waals surface area contributed by atoms with Gasteiger partial charge in [0.05, 0.1) is 67.1 Å². The third-order valence-corrected chi connectivity index (χ3v) is 12.4. The van der Waals surface area contributed by atoms with E-state index in [0.29, 0.717) is 25.4 Å². The van der Waals surface area contributed by atoms with Crippen LogP contribution < -0.4 is 20.1 Å². The van der Waals surface area contributed by atoms with Gasteiger partial charge in [-0.15, -0.1) is 0 Å². The molecule has 348 valence electrons. The van der Waals surface area contributed by atoms with E-state index in [0.717, 1.165) is 91.2 Å². The molecule has 6 aromatic rings. The van der Waals surface area contributed by atoms with Crippen molar-refractivity contribution in [1.29, 1.82) is 0 Å². The van der Waals surface area contributed by atoms with Crippen LogP contribution in [0, 0.1) is 6.92 Å². The summed E-state index contributed by atoms with van der Waals surface area (Å²) in [6, 6.07) is 32.0. The summed E-state index contributed by atoms with van der Waals surface area (Å²) >= 11 is 0. The van der Waals surface area contributed by atoms with Crippen molar-refractivity contribution in [2.45, 2.75) is 84.4 Å². The minimum atomic E-state index is -0.241. The average molecular weight is 905 g/mol. The molecule has 2 atom stereocenters. The van der Waals surface area contributed by atoms with Gasteiger partial charge in [0.2, 0.25) is 0 Å². The SMILES string of the molecule is CCc1cc(C2CC2)n(-c2ccc(C3=NN(C(=O)NC)C(C)Cc4ccc(OC)cc43)cc2)n1.CNC(=O)N1N=C(c2ccc(-n3nc(COC)cc3C)cc2)c2cc(OC)ccc2C[C@@H]1C. The Morgan fingerprint density at radius 1 is 0.642 bits per heavy atom. The molecule has 4 aromatic carbocycles. The molecule has 0 bridgehead atoms. The lowest BCUT2D eigenvalue weighted by atomic mass is 9.94. The average Bonchev–Trinajstić information content (AvgIpc) is 4.06.